The third kappa shape index (κ3) is 3.34. The number of fused-ring (bicyclic) bond motifs is 1. The lowest BCUT2D eigenvalue weighted by Crippen LogP contribution is -2.22. The number of para-hydroxylation sites is 1. The Morgan fingerprint density at radius 2 is 1.90 bits per heavy atom. The molecule has 0 aliphatic carbocycles. The van der Waals surface area contributed by atoms with Gasteiger partial charge in [-0.3, -0.25) is 4.98 Å². The number of rotatable bonds is 4. The molecule has 1 aliphatic rings. The first-order chi connectivity index (χ1) is 14.2. The lowest BCUT2D eigenvalue weighted by Gasteiger charge is -2.17. The molecule has 7 heteroatoms. The molecule has 0 saturated carbocycles. The fourth-order valence-electron chi connectivity index (χ4n) is 4.08. The number of anilines is 1. The highest BCUT2D eigenvalue weighted by molar-refractivity contribution is 5.81. The first-order valence-corrected chi connectivity index (χ1v) is 9.76. The molecule has 0 spiro atoms. The monoisotopic (exact) mass is 386 g/mol. The van der Waals surface area contributed by atoms with E-state index in [2.05, 4.69) is 37.2 Å². The summed E-state index contributed by atoms with van der Waals surface area (Å²) >= 11 is 0. The molecule has 1 fully saturated rings. The molecule has 0 bridgehead atoms. The quantitative estimate of drug-likeness (QED) is 0.580. The lowest BCUT2D eigenvalue weighted by molar-refractivity contribution is 0.148. The predicted octanol–water partition coefficient (Wildman–Crippen LogP) is 2.47. The Balaban J connectivity index is 1.34. The average molecular weight is 386 g/mol. The fourth-order valence-corrected chi connectivity index (χ4v) is 4.08. The third-order valence-electron chi connectivity index (χ3n) is 5.65. The highest BCUT2D eigenvalue weighted by Gasteiger charge is 2.32. The maximum Gasteiger partial charge on any atom is 0.160 e. The molecule has 1 aromatic carbocycles. The molecule has 0 radical (unpaired) electrons. The largest absolute Gasteiger partial charge is 0.391 e. The van der Waals surface area contributed by atoms with Crippen LogP contribution in [0.15, 0.2) is 61.1 Å². The number of aliphatic hydroxyl groups excluding tert-OH is 1. The van der Waals surface area contributed by atoms with Crippen LogP contribution in [0.25, 0.3) is 22.4 Å². The topological polar surface area (TPSA) is 80.0 Å². The zero-order chi connectivity index (χ0) is 19.8. The normalized spacial score (nSPS) is 19.2. The van der Waals surface area contributed by atoms with Crippen LogP contribution in [0.4, 0.5) is 5.82 Å². The Morgan fingerprint density at radius 3 is 2.69 bits per heavy atom. The minimum absolute atomic E-state index is 0.136. The van der Waals surface area contributed by atoms with Crippen molar-refractivity contribution in [2.24, 2.45) is 13.0 Å². The van der Waals surface area contributed by atoms with Crippen molar-refractivity contribution in [1.82, 2.24) is 24.7 Å². The average Bonchev–Trinajstić information content (AvgIpc) is 3.34. The number of aliphatic hydroxyl groups is 1. The van der Waals surface area contributed by atoms with Crippen LogP contribution in [-0.4, -0.2) is 49.0 Å². The summed E-state index contributed by atoms with van der Waals surface area (Å²) in [5.41, 5.74) is 2.95. The number of pyridine rings is 1. The van der Waals surface area contributed by atoms with E-state index in [0.29, 0.717) is 6.54 Å². The fraction of sp³-hybridized carbons (Fsp3) is 0.273. The van der Waals surface area contributed by atoms with E-state index in [-0.39, 0.29) is 5.92 Å². The predicted molar refractivity (Wildman–Crippen MR) is 111 cm³/mol. The van der Waals surface area contributed by atoms with Crippen molar-refractivity contribution in [3.63, 3.8) is 0 Å². The van der Waals surface area contributed by atoms with Gasteiger partial charge in [-0.1, -0.05) is 18.2 Å². The molecule has 1 saturated heterocycles. The SMILES string of the molecule is Cn1ccnc1-c1ccc(N2C[C@@H](Cc3ccnc4ccccc34)[C@@H](O)C2)nn1. The van der Waals surface area contributed by atoms with Crippen LogP contribution in [0.3, 0.4) is 0 Å². The number of hydrogen-bond donors (Lipinski definition) is 1. The Labute approximate surface area is 168 Å². The number of benzene rings is 1. The van der Waals surface area contributed by atoms with Gasteiger partial charge < -0.3 is 14.6 Å². The maximum absolute atomic E-state index is 10.7. The first-order valence-electron chi connectivity index (χ1n) is 9.76. The standard InChI is InChI=1S/C22H22N6O/c1-27-11-10-24-22(27)19-6-7-21(26-25-19)28-13-16(20(29)14-28)12-15-8-9-23-18-5-3-2-4-17(15)18/h2-11,16,20,29H,12-14H2,1H3/t16-,20+/m1/s1. The molecule has 5 rings (SSSR count). The number of aromatic nitrogens is 5. The third-order valence-corrected chi connectivity index (χ3v) is 5.65. The van der Waals surface area contributed by atoms with Crippen molar-refractivity contribution in [1.29, 1.82) is 0 Å². The molecule has 0 amide bonds. The zero-order valence-corrected chi connectivity index (χ0v) is 16.2. The molecule has 4 heterocycles. The molecule has 7 nitrogen and oxygen atoms in total. The molecule has 4 aromatic rings. The Hall–Kier alpha value is -3.32. The number of imidazole rings is 1. The zero-order valence-electron chi connectivity index (χ0n) is 16.2. The summed E-state index contributed by atoms with van der Waals surface area (Å²) in [6, 6.07) is 14.1. The number of β-amino-alcohol motifs (C(OH)–C–C–N with tert-alkyl or cyclic N) is 1. The van der Waals surface area contributed by atoms with Gasteiger partial charge in [-0.15, -0.1) is 10.2 Å². The van der Waals surface area contributed by atoms with Crippen molar-refractivity contribution in [2.75, 3.05) is 18.0 Å². The molecule has 3 aromatic heterocycles. The molecule has 146 valence electrons. The van der Waals surface area contributed by atoms with Gasteiger partial charge in [0, 0.05) is 50.0 Å². The van der Waals surface area contributed by atoms with E-state index in [4.69, 9.17) is 0 Å². The van der Waals surface area contributed by atoms with E-state index < -0.39 is 6.10 Å². The molecule has 29 heavy (non-hydrogen) atoms. The van der Waals surface area contributed by atoms with Crippen molar-refractivity contribution < 1.29 is 5.11 Å². The summed E-state index contributed by atoms with van der Waals surface area (Å²) in [5.74, 6) is 1.70. The van der Waals surface area contributed by atoms with Crippen LogP contribution in [0.2, 0.25) is 0 Å². The van der Waals surface area contributed by atoms with Gasteiger partial charge in [-0.2, -0.15) is 0 Å². The second-order valence-electron chi connectivity index (χ2n) is 7.56. The minimum atomic E-state index is -0.405. The summed E-state index contributed by atoms with van der Waals surface area (Å²) in [4.78, 5) is 10.9. The van der Waals surface area contributed by atoms with Crippen molar-refractivity contribution >= 4 is 16.7 Å². The summed E-state index contributed by atoms with van der Waals surface area (Å²) < 4.78 is 1.92. The van der Waals surface area contributed by atoms with Crippen LogP contribution in [0, 0.1) is 5.92 Å². The Kier molecular flexibility index (Phi) is 4.44. The second-order valence-corrected chi connectivity index (χ2v) is 7.56. The Morgan fingerprint density at radius 1 is 1.00 bits per heavy atom. The summed E-state index contributed by atoms with van der Waals surface area (Å²) in [5, 5.41) is 20.6. The van der Waals surface area contributed by atoms with Gasteiger partial charge in [0.2, 0.25) is 0 Å². The highest BCUT2D eigenvalue weighted by atomic mass is 16.3. The second kappa shape index (κ2) is 7.25. The summed E-state index contributed by atoms with van der Waals surface area (Å²) in [6.45, 7) is 1.30. The van der Waals surface area contributed by atoms with Crippen LogP contribution in [0.5, 0.6) is 0 Å². The van der Waals surface area contributed by atoms with Crippen molar-refractivity contribution in [3.8, 4) is 11.5 Å². The minimum Gasteiger partial charge on any atom is -0.391 e. The molecule has 1 N–H and O–H groups in total. The molecular formula is C22H22N6O. The van der Waals surface area contributed by atoms with E-state index in [1.54, 1.807) is 6.20 Å². The van der Waals surface area contributed by atoms with Crippen molar-refractivity contribution in [3.05, 3.63) is 66.6 Å². The molecular weight excluding hydrogens is 364 g/mol. The number of aryl methyl sites for hydroxylation is 1. The summed E-state index contributed by atoms with van der Waals surface area (Å²) in [7, 11) is 1.93. The van der Waals surface area contributed by atoms with Gasteiger partial charge >= 0.3 is 0 Å². The highest BCUT2D eigenvalue weighted by Crippen LogP contribution is 2.28. The smallest absolute Gasteiger partial charge is 0.160 e. The van der Waals surface area contributed by atoms with Gasteiger partial charge in [-0.05, 0) is 36.2 Å². The van der Waals surface area contributed by atoms with Gasteiger partial charge in [0.25, 0.3) is 0 Å². The van der Waals surface area contributed by atoms with Crippen LogP contribution in [-0.2, 0) is 13.5 Å². The van der Waals surface area contributed by atoms with Crippen LogP contribution in [0.1, 0.15) is 5.56 Å². The van der Waals surface area contributed by atoms with E-state index in [1.807, 2.05) is 54.3 Å². The van der Waals surface area contributed by atoms with E-state index in [0.717, 1.165) is 41.2 Å². The van der Waals surface area contributed by atoms with Gasteiger partial charge in [0.05, 0.1) is 11.6 Å². The van der Waals surface area contributed by atoms with Gasteiger partial charge in [-0.25, -0.2) is 4.98 Å². The van der Waals surface area contributed by atoms with Crippen molar-refractivity contribution in [2.45, 2.75) is 12.5 Å². The van der Waals surface area contributed by atoms with Crippen LogP contribution < -0.4 is 4.90 Å². The van der Waals surface area contributed by atoms with E-state index in [1.165, 1.54) is 5.56 Å². The lowest BCUT2D eigenvalue weighted by atomic mass is 9.94. The summed E-state index contributed by atoms with van der Waals surface area (Å²) in [6.07, 6.45) is 5.88. The molecule has 0 unspecified atom stereocenters. The van der Waals surface area contributed by atoms with E-state index >= 15 is 0 Å². The number of hydrogen-bond acceptors (Lipinski definition) is 6. The Bertz CT molecular complexity index is 1130. The van der Waals surface area contributed by atoms with Gasteiger partial charge in [0.15, 0.2) is 11.6 Å². The first kappa shape index (κ1) is 17.8. The van der Waals surface area contributed by atoms with E-state index in [9.17, 15) is 5.11 Å². The van der Waals surface area contributed by atoms with Gasteiger partial charge in [0.1, 0.15) is 5.69 Å². The van der Waals surface area contributed by atoms with Crippen LogP contribution >= 0.6 is 0 Å². The maximum atomic E-state index is 10.7. The molecule has 2 atom stereocenters. The molecule has 1 aliphatic heterocycles. The number of nitrogens with zero attached hydrogens (tertiary/aromatic N) is 6.